The van der Waals surface area contributed by atoms with Crippen LogP contribution in [0.3, 0.4) is 0 Å². The van der Waals surface area contributed by atoms with E-state index in [4.69, 9.17) is 9.63 Å². The number of hydrogen-bond donors (Lipinski definition) is 2. The van der Waals surface area contributed by atoms with Crippen LogP contribution in [0.5, 0.6) is 0 Å². The molecule has 12 nitrogen and oxygen atoms in total. The summed E-state index contributed by atoms with van der Waals surface area (Å²) in [4.78, 5) is 25.6. The third-order valence-corrected chi connectivity index (χ3v) is 5.10. The zero-order valence-electron chi connectivity index (χ0n) is 16.9. The first-order valence-corrected chi connectivity index (χ1v) is 9.72. The molecule has 0 aliphatic carbocycles. The molecule has 0 radical (unpaired) electrons. The summed E-state index contributed by atoms with van der Waals surface area (Å²) >= 11 is 0. The Labute approximate surface area is 180 Å². The van der Waals surface area contributed by atoms with Crippen molar-refractivity contribution in [3.8, 4) is 28.6 Å². The highest BCUT2D eigenvalue weighted by Gasteiger charge is 2.26. The van der Waals surface area contributed by atoms with Crippen molar-refractivity contribution in [1.29, 1.82) is 0 Å². The minimum atomic E-state index is -1.07. The molecule has 3 aromatic heterocycles. The normalized spacial score (nSPS) is 12.2. The number of benzene rings is 1. The van der Waals surface area contributed by atoms with Crippen LogP contribution in [0.1, 0.15) is 11.6 Å². The molecule has 1 amide bonds. The first-order valence-electron chi connectivity index (χ1n) is 9.72. The lowest BCUT2D eigenvalue weighted by Gasteiger charge is -2.13. The number of hydrogen-bond acceptors (Lipinski definition) is 8. The number of nitrogens with one attached hydrogen (secondary N) is 1. The van der Waals surface area contributed by atoms with E-state index in [2.05, 4.69) is 30.5 Å². The number of carboxylic acid groups (broad SMARTS) is 1. The Hall–Kier alpha value is -4.13. The molecule has 0 unspecified atom stereocenters. The maximum atomic E-state index is 13.9. The van der Waals surface area contributed by atoms with Crippen molar-refractivity contribution in [3.63, 3.8) is 0 Å². The van der Waals surface area contributed by atoms with Crippen LogP contribution in [0.4, 0.5) is 9.18 Å². The average Bonchev–Trinajstić information content (AvgIpc) is 3.47. The second-order valence-electron chi connectivity index (χ2n) is 7.29. The lowest BCUT2D eigenvalue weighted by Crippen LogP contribution is -2.31. The highest BCUT2D eigenvalue weighted by molar-refractivity contribution is 5.70. The molecule has 164 valence electrons. The molecule has 5 rings (SSSR count). The van der Waals surface area contributed by atoms with Gasteiger partial charge in [0.25, 0.3) is 0 Å². The summed E-state index contributed by atoms with van der Waals surface area (Å²) < 4.78 is 22.8. The first-order chi connectivity index (χ1) is 15.5. The fraction of sp³-hybridized carbons (Fsp3) is 0.263. The highest BCUT2D eigenvalue weighted by atomic mass is 19.1. The van der Waals surface area contributed by atoms with E-state index in [1.54, 1.807) is 17.1 Å². The molecule has 0 fully saturated rings. The van der Waals surface area contributed by atoms with E-state index in [9.17, 15) is 9.18 Å². The molecule has 0 atom stereocenters. The molecule has 13 heteroatoms. The van der Waals surface area contributed by atoms with Crippen LogP contribution < -0.4 is 5.32 Å². The maximum absolute atomic E-state index is 13.9. The van der Waals surface area contributed by atoms with E-state index in [0.717, 1.165) is 11.4 Å². The van der Waals surface area contributed by atoms with Gasteiger partial charge < -0.3 is 14.9 Å². The Balaban J connectivity index is 1.44. The van der Waals surface area contributed by atoms with Crippen LogP contribution >= 0.6 is 0 Å². The zero-order chi connectivity index (χ0) is 22.2. The molecule has 0 spiro atoms. The summed E-state index contributed by atoms with van der Waals surface area (Å²) in [6.07, 6.45) is 1.99. The van der Waals surface area contributed by atoms with Gasteiger partial charge >= 0.3 is 6.09 Å². The zero-order valence-corrected chi connectivity index (χ0v) is 16.9. The summed E-state index contributed by atoms with van der Waals surface area (Å²) in [5, 5.41) is 19.3. The highest BCUT2D eigenvalue weighted by Crippen LogP contribution is 2.33. The smallest absolute Gasteiger partial charge is 0.404 e. The molecule has 2 N–H and O–H groups in total. The molecule has 0 saturated heterocycles. The van der Waals surface area contributed by atoms with Crippen molar-refractivity contribution in [3.05, 3.63) is 48.3 Å². The Morgan fingerprint density at radius 2 is 2.25 bits per heavy atom. The van der Waals surface area contributed by atoms with Crippen molar-refractivity contribution >= 4 is 6.09 Å². The number of carbonyl (C=O) groups is 1. The molecule has 0 bridgehead atoms. The Morgan fingerprint density at radius 3 is 3.09 bits per heavy atom. The molecular weight excluding hydrogens is 421 g/mol. The van der Waals surface area contributed by atoms with Gasteiger partial charge in [-0.25, -0.2) is 23.8 Å². The van der Waals surface area contributed by atoms with Gasteiger partial charge in [-0.05, 0) is 25.2 Å². The van der Waals surface area contributed by atoms with Crippen LogP contribution in [0.25, 0.3) is 28.6 Å². The third-order valence-electron chi connectivity index (χ3n) is 5.10. The summed E-state index contributed by atoms with van der Waals surface area (Å²) in [6.45, 7) is 1.44. The molecule has 1 aliphatic heterocycles. The molecule has 32 heavy (non-hydrogen) atoms. The number of rotatable bonds is 6. The minimum Gasteiger partial charge on any atom is -0.465 e. The maximum Gasteiger partial charge on any atom is 0.404 e. The Bertz CT molecular complexity index is 1290. The first kappa shape index (κ1) is 19.8. The molecular formula is C19H18FN9O3. The average molecular weight is 439 g/mol. The number of likely N-dealkylation sites (N-methyl/N-ethyl adjacent to an activating group) is 1. The predicted octanol–water partition coefficient (Wildman–Crippen LogP) is 1.38. The van der Waals surface area contributed by atoms with Crippen LogP contribution in [0.15, 0.2) is 35.4 Å². The Kier molecular flexibility index (Phi) is 4.86. The molecule has 4 heterocycles. The topological polar surface area (TPSA) is 140 Å². The lowest BCUT2D eigenvalue weighted by atomic mass is 10.1. The predicted molar refractivity (Wildman–Crippen MR) is 107 cm³/mol. The van der Waals surface area contributed by atoms with Gasteiger partial charge in [0.15, 0.2) is 5.82 Å². The number of fused-ring (bicyclic) bond motifs is 5. The van der Waals surface area contributed by atoms with Crippen molar-refractivity contribution in [1.82, 2.24) is 44.7 Å². The van der Waals surface area contributed by atoms with E-state index < -0.39 is 6.09 Å². The summed E-state index contributed by atoms with van der Waals surface area (Å²) in [5.74, 6) is 0.877. The largest absolute Gasteiger partial charge is 0.465 e. The summed E-state index contributed by atoms with van der Waals surface area (Å²) in [5.41, 5.74) is 2.61. The van der Waals surface area contributed by atoms with Gasteiger partial charge in [-0.2, -0.15) is 10.1 Å². The van der Waals surface area contributed by atoms with Gasteiger partial charge in [0.2, 0.25) is 11.7 Å². The number of nitrogens with zero attached hydrogens (tertiary/aromatic N) is 8. The minimum absolute atomic E-state index is 0.279. The number of amides is 1. The Morgan fingerprint density at radius 1 is 1.38 bits per heavy atom. The number of halogens is 1. The SMILES string of the molecule is CN(CCNC(=O)O)Cc1nc(-c2ncn3c2Cn2ncnc2-c2cc(F)ccc2-3)no1. The van der Waals surface area contributed by atoms with E-state index in [1.165, 1.54) is 18.5 Å². The van der Waals surface area contributed by atoms with Crippen LogP contribution in [0.2, 0.25) is 0 Å². The van der Waals surface area contributed by atoms with Crippen molar-refractivity contribution in [2.24, 2.45) is 0 Å². The third kappa shape index (κ3) is 3.58. The van der Waals surface area contributed by atoms with E-state index in [1.807, 2.05) is 16.5 Å². The fourth-order valence-electron chi connectivity index (χ4n) is 3.63. The van der Waals surface area contributed by atoms with Gasteiger partial charge in [-0.15, -0.1) is 0 Å². The summed E-state index contributed by atoms with van der Waals surface area (Å²) in [6, 6.07) is 4.48. The molecule has 4 aromatic rings. The van der Waals surface area contributed by atoms with Crippen molar-refractivity contribution in [2.75, 3.05) is 20.1 Å². The van der Waals surface area contributed by atoms with Gasteiger partial charge in [0.1, 0.15) is 24.2 Å². The van der Waals surface area contributed by atoms with Crippen LogP contribution in [-0.2, 0) is 13.1 Å². The second-order valence-corrected chi connectivity index (χ2v) is 7.29. The second kappa shape index (κ2) is 7.85. The van der Waals surface area contributed by atoms with E-state index in [-0.39, 0.29) is 12.4 Å². The number of aromatic nitrogens is 7. The fourth-order valence-corrected chi connectivity index (χ4v) is 3.63. The van der Waals surface area contributed by atoms with Crippen molar-refractivity contribution < 1.29 is 18.8 Å². The molecule has 1 aliphatic rings. The quantitative estimate of drug-likeness (QED) is 0.401. The summed E-state index contributed by atoms with van der Waals surface area (Å²) in [7, 11) is 1.82. The van der Waals surface area contributed by atoms with Gasteiger partial charge in [-0.1, -0.05) is 5.16 Å². The van der Waals surface area contributed by atoms with Gasteiger partial charge in [-0.3, -0.25) is 9.47 Å². The van der Waals surface area contributed by atoms with Crippen LogP contribution in [0, 0.1) is 5.82 Å². The van der Waals surface area contributed by atoms with E-state index in [0.29, 0.717) is 48.4 Å². The van der Waals surface area contributed by atoms with Crippen molar-refractivity contribution in [2.45, 2.75) is 13.1 Å². The monoisotopic (exact) mass is 439 g/mol. The lowest BCUT2D eigenvalue weighted by molar-refractivity contribution is 0.191. The van der Waals surface area contributed by atoms with E-state index >= 15 is 0 Å². The number of imidazole rings is 1. The van der Waals surface area contributed by atoms with Gasteiger partial charge in [0, 0.05) is 18.7 Å². The van der Waals surface area contributed by atoms with Crippen LogP contribution in [-0.4, -0.2) is 70.7 Å². The standard InChI is InChI=1S/C19H18FN9O3/c1-27(5-4-21-19(30)31)8-15-25-17(26-32-15)16-14-7-29-18(22-9-24-29)12-6-11(20)2-3-13(12)28(14)10-23-16/h2-3,6,9-10,21H,4-5,7-8H2,1H3,(H,30,31). The van der Waals surface area contributed by atoms with Gasteiger partial charge in [0.05, 0.1) is 24.5 Å². The molecule has 0 saturated carbocycles. The molecule has 1 aromatic carbocycles.